The molecular formula is C52H38Ir2N8O8-2. The van der Waals surface area contributed by atoms with Gasteiger partial charge < -0.3 is 29.7 Å². The zero-order valence-corrected chi connectivity index (χ0v) is 42.2. The molecule has 0 atom stereocenters. The molecule has 0 aliphatic heterocycles. The molecule has 0 fully saturated rings. The number of hydrogen-bond donors (Lipinski definition) is 2. The number of aryl methyl sites for hydroxylation is 2. The van der Waals surface area contributed by atoms with Crippen LogP contribution in [0, 0.1) is 43.9 Å². The SMILES string of the molecule is COC(=O)c1c[c-]c(-c2ncc(C)nc2-c2ccc(C(=O)OC)cc2)cc1.O=C(O)c1ccccn1.O=C(O)c1ccccn1.[C-]#[N+]c1ccc(-c2nc(C)cnc2-c2[c-]cc(C#N)cc2)cc1.[Ir].[Ir]. The molecule has 2 N–H and O–H groups in total. The molecular weight excluding hydrogens is 1250 g/mol. The molecule has 8 rings (SSSR count). The van der Waals surface area contributed by atoms with E-state index in [9.17, 15) is 19.2 Å². The third-order valence-corrected chi connectivity index (χ3v) is 9.09. The molecule has 18 heteroatoms. The van der Waals surface area contributed by atoms with E-state index in [0.717, 1.165) is 33.8 Å². The molecule has 0 spiro atoms. The number of aromatic carboxylic acids is 2. The first-order valence-corrected chi connectivity index (χ1v) is 20.0. The number of pyridine rings is 2. The number of nitrogens with zero attached hydrogens (tertiary/aromatic N) is 8. The van der Waals surface area contributed by atoms with Gasteiger partial charge in [0, 0.05) is 82.5 Å². The van der Waals surface area contributed by atoms with Crippen molar-refractivity contribution in [1.29, 1.82) is 5.26 Å². The normalized spacial score (nSPS) is 9.51. The van der Waals surface area contributed by atoms with E-state index in [2.05, 4.69) is 53.0 Å². The molecule has 0 unspecified atom stereocenters. The summed E-state index contributed by atoms with van der Waals surface area (Å²) in [6.07, 6.45) is 6.27. The van der Waals surface area contributed by atoms with Gasteiger partial charge in [0.15, 0.2) is 5.69 Å². The van der Waals surface area contributed by atoms with Gasteiger partial charge in [0.2, 0.25) is 0 Å². The van der Waals surface area contributed by atoms with Crippen molar-refractivity contribution in [3.05, 3.63) is 209 Å². The summed E-state index contributed by atoms with van der Waals surface area (Å²) < 4.78 is 9.43. The molecule has 4 aromatic heterocycles. The van der Waals surface area contributed by atoms with E-state index < -0.39 is 23.9 Å². The standard InChI is InChI=1S/C21H17N2O4.C19H11N4.2C6H5NO2.2Ir/c1-13-12-22-18(14-4-8-16(9-5-14)20(24)26-2)19(23-13)15-6-10-17(11-7-15)21(25)27-3;1-13-12-22-18(15-5-3-14(11-20)4-6-15)19(23-13)16-7-9-17(21-2)10-8-16;2*8-6(9)5-3-1-2-4-7-5;;/h4,6-12H,1-3H3;3-5,7-10,12H,1H3;2*1-4H,(H,8,9);;/q2*-1;;;;. The largest absolute Gasteiger partial charge is 0.477 e. The molecule has 4 heterocycles. The summed E-state index contributed by atoms with van der Waals surface area (Å²) in [5, 5.41) is 25.5. The van der Waals surface area contributed by atoms with Gasteiger partial charge in [-0.25, -0.2) is 34.5 Å². The Balaban J connectivity index is 0.000000270. The van der Waals surface area contributed by atoms with Crippen LogP contribution in [0.25, 0.3) is 49.9 Å². The predicted octanol–water partition coefficient (Wildman–Crippen LogP) is 9.39. The third-order valence-electron chi connectivity index (χ3n) is 9.09. The molecule has 0 aliphatic rings. The fraction of sp³-hybridized carbons (Fsp3) is 0.0769. The molecule has 0 amide bonds. The topological polar surface area (TPSA) is 233 Å². The summed E-state index contributed by atoms with van der Waals surface area (Å²) in [5.74, 6) is -2.80. The van der Waals surface area contributed by atoms with Gasteiger partial charge in [-0.1, -0.05) is 48.5 Å². The maximum Gasteiger partial charge on any atom is 0.354 e. The number of carbonyl (C=O) groups is 4. The zero-order valence-electron chi connectivity index (χ0n) is 37.4. The summed E-state index contributed by atoms with van der Waals surface area (Å²) in [6, 6.07) is 42.1. The molecule has 0 saturated carbocycles. The second-order valence-electron chi connectivity index (χ2n) is 13.8. The van der Waals surface area contributed by atoms with Crippen molar-refractivity contribution in [2.45, 2.75) is 13.8 Å². The van der Waals surface area contributed by atoms with E-state index in [-0.39, 0.29) is 51.6 Å². The molecule has 16 nitrogen and oxygen atoms in total. The molecule has 0 saturated heterocycles. The average molecular weight is 1290 g/mol. The first kappa shape index (κ1) is 55.8. The molecule has 2 radical (unpaired) electrons. The fourth-order valence-electron chi connectivity index (χ4n) is 5.76. The van der Waals surface area contributed by atoms with Gasteiger partial charge in [0.1, 0.15) is 11.4 Å². The van der Waals surface area contributed by atoms with Crippen molar-refractivity contribution < 1.29 is 79.1 Å². The van der Waals surface area contributed by atoms with Crippen LogP contribution in [0.3, 0.4) is 0 Å². The van der Waals surface area contributed by atoms with Crippen LogP contribution in [0.2, 0.25) is 0 Å². The summed E-state index contributed by atoms with van der Waals surface area (Å²) >= 11 is 0. The van der Waals surface area contributed by atoms with Crippen molar-refractivity contribution in [3.8, 4) is 51.1 Å². The number of methoxy groups -OCH3 is 2. The number of carboxylic acids is 2. The Bertz CT molecular complexity index is 3050. The van der Waals surface area contributed by atoms with Crippen LogP contribution in [-0.4, -0.2) is 78.2 Å². The number of aromatic nitrogens is 6. The van der Waals surface area contributed by atoms with Gasteiger partial charge in [-0.15, -0.1) is 59.7 Å². The summed E-state index contributed by atoms with van der Waals surface area (Å²) in [4.78, 5) is 72.2. The second kappa shape index (κ2) is 28.0. The quantitative estimate of drug-likeness (QED) is 0.107. The molecule has 8 aromatic rings. The van der Waals surface area contributed by atoms with Crippen LogP contribution in [0.1, 0.15) is 58.6 Å². The molecule has 0 aliphatic carbocycles. The number of esters is 2. The molecule has 70 heavy (non-hydrogen) atoms. The number of ether oxygens (including phenoxy) is 2. The number of rotatable bonds is 8. The minimum Gasteiger partial charge on any atom is -0.477 e. The van der Waals surface area contributed by atoms with Gasteiger partial charge in [-0.3, -0.25) is 14.8 Å². The first-order chi connectivity index (χ1) is 32.8. The van der Waals surface area contributed by atoms with Gasteiger partial charge in [-0.2, -0.15) is 0 Å². The minimum absolute atomic E-state index is 0. The van der Waals surface area contributed by atoms with Crippen molar-refractivity contribution in [3.63, 3.8) is 0 Å². The van der Waals surface area contributed by atoms with Crippen molar-refractivity contribution in [2.75, 3.05) is 14.2 Å². The van der Waals surface area contributed by atoms with E-state index in [1.54, 1.807) is 103 Å². The smallest absolute Gasteiger partial charge is 0.354 e. The average Bonchev–Trinajstić information content (AvgIpc) is 3.39. The monoisotopic (exact) mass is 1290 g/mol. The van der Waals surface area contributed by atoms with Crippen molar-refractivity contribution in [1.82, 2.24) is 29.9 Å². The number of nitriles is 1. The zero-order chi connectivity index (χ0) is 49.0. The number of carboxylic acid groups (broad SMARTS) is 2. The van der Waals surface area contributed by atoms with E-state index in [0.29, 0.717) is 45.0 Å². The van der Waals surface area contributed by atoms with E-state index in [1.165, 1.54) is 38.7 Å². The number of benzene rings is 4. The Morgan fingerprint density at radius 3 is 1.39 bits per heavy atom. The fourth-order valence-corrected chi connectivity index (χ4v) is 5.76. The van der Waals surface area contributed by atoms with E-state index in [1.807, 2.05) is 32.0 Å². The van der Waals surface area contributed by atoms with Crippen LogP contribution in [0.4, 0.5) is 5.69 Å². The Morgan fingerprint density at radius 1 is 0.586 bits per heavy atom. The molecule has 0 bridgehead atoms. The molecule has 354 valence electrons. The van der Waals surface area contributed by atoms with E-state index in [4.69, 9.17) is 31.5 Å². The van der Waals surface area contributed by atoms with Crippen LogP contribution in [-0.2, 0) is 49.7 Å². The predicted molar refractivity (Wildman–Crippen MR) is 249 cm³/mol. The maximum absolute atomic E-state index is 11.6. The van der Waals surface area contributed by atoms with Crippen LogP contribution in [0.5, 0.6) is 0 Å². The van der Waals surface area contributed by atoms with Gasteiger partial charge in [-0.05, 0) is 72.5 Å². The second-order valence-corrected chi connectivity index (χ2v) is 13.8. The number of hydrogen-bond acceptors (Lipinski definition) is 13. The van der Waals surface area contributed by atoms with Gasteiger partial charge in [0.25, 0.3) is 5.97 Å². The van der Waals surface area contributed by atoms with Crippen molar-refractivity contribution >= 4 is 29.6 Å². The summed E-state index contributed by atoms with van der Waals surface area (Å²) in [5.41, 5.74) is 9.64. The van der Waals surface area contributed by atoms with E-state index >= 15 is 0 Å². The molecule has 4 aromatic carbocycles. The van der Waals surface area contributed by atoms with Crippen molar-refractivity contribution in [2.24, 2.45) is 0 Å². The first-order valence-electron chi connectivity index (χ1n) is 20.0. The van der Waals surface area contributed by atoms with Gasteiger partial charge >= 0.3 is 17.9 Å². The summed E-state index contributed by atoms with van der Waals surface area (Å²) in [6.45, 7) is 10.8. The maximum atomic E-state index is 11.6. The van der Waals surface area contributed by atoms with Crippen LogP contribution in [0.15, 0.2) is 146 Å². The Kier molecular flexibility index (Phi) is 22.3. The minimum atomic E-state index is -0.990. The van der Waals surface area contributed by atoms with Gasteiger partial charge in [0.05, 0.1) is 49.1 Å². The Hall–Kier alpha value is -8.50. The van der Waals surface area contributed by atoms with Crippen LogP contribution >= 0.6 is 0 Å². The Morgan fingerprint density at radius 2 is 1.03 bits per heavy atom. The third kappa shape index (κ3) is 15.8. The Labute approximate surface area is 429 Å². The summed E-state index contributed by atoms with van der Waals surface area (Å²) in [7, 11) is 2.67. The van der Waals surface area contributed by atoms with Crippen LogP contribution < -0.4 is 0 Å². The number of carbonyl (C=O) groups excluding carboxylic acids is 2.